The van der Waals surface area contributed by atoms with E-state index in [0.717, 1.165) is 22.9 Å². The van der Waals surface area contributed by atoms with E-state index in [1.165, 1.54) is 7.11 Å². The van der Waals surface area contributed by atoms with Crippen LogP contribution in [-0.4, -0.2) is 42.9 Å². The lowest BCUT2D eigenvalue weighted by atomic mass is 10.1. The van der Waals surface area contributed by atoms with Crippen molar-refractivity contribution in [3.8, 4) is 11.5 Å². The Hall–Kier alpha value is -1.76. The number of amides is 1. The molecule has 1 aliphatic rings. The zero-order valence-corrected chi connectivity index (χ0v) is 16.4. The van der Waals surface area contributed by atoms with Crippen LogP contribution < -0.4 is 9.47 Å². The van der Waals surface area contributed by atoms with E-state index in [4.69, 9.17) is 9.47 Å². The fraction of sp³-hybridized carbons (Fsp3) is 0.556. The molecule has 0 radical (unpaired) electrons. The lowest BCUT2D eigenvalue weighted by molar-refractivity contribution is -0.148. The molecule has 0 unspecified atom stereocenters. The van der Waals surface area contributed by atoms with Crippen LogP contribution in [0.4, 0.5) is 0 Å². The molecule has 0 aromatic heterocycles. The minimum Gasteiger partial charge on any atom is -0.493 e. The molecule has 0 fully saturated rings. The van der Waals surface area contributed by atoms with E-state index in [2.05, 4.69) is 20.7 Å². The highest BCUT2D eigenvalue weighted by Crippen LogP contribution is 2.35. The maximum absolute atomic E-state index is 12.4. The van der Waals surface area contributed by atoms with Gasteiger partial charge in [0.15, 0.2) is 11.5 Å². The van der Waals surface area contributed by atoms with Crippen molar-refractivity contribution in [2.45, 2.75) is 32.9 Å². The monoisotopic (exact) mass is 413 g/mol. The predicted octanol–water partition coefficient (Wildman–Crippen LogP) is 2.90. The third kappa shape index (κ3) is 4.87. The maximum atomic E-state index is 12.4. The summed E-state index contributed by atoms with van der Waals surface area (Å²) in [6.45, 7) is 3.33. The van der Waals surface area contributed by atoms with Crippen molar-refractivity contribution >= 4 is 27.8 Å². The first-order valence-corrected chi connectivity index (χ1v) is 9.36. The van der Waals surface area contributed by atoms with Crippen LogP contribution in [0.2, 0.25) is 0 Å². The zero-order valence-electron chi connectivity index (χ0n) is 14.8. The van der Waals surface area contributed by atoms with Crippen molar-refractivity contribution in [3.63, 3.8) is 0 Å². The van der Waals surface area contributed by atoms with Crippen LogP contribution in [0.1, 0.15) is 30.9 Å². The van der Waals surface area contributed by atoms with Crippen molar-refractivity contribution in [2.24, 2.45) is 5.92 Å². The van der Waals surface area contributed by atoms with Crippen molar-refractivity contribution in [1.29, 1.82) is 0 Å². The molecule has 1 aliphatic heterocycles. The van der Waals surface area contributed by atoms with Crippen LogP contribution in [0.3, 0.4) is 0 Å². The van der Waals surface area contributed by atoms with Gasteiger partial charge < -0.3 is 19.1 Å². The molecule has 0 spiro atoms. The molecule has 1 aromatic rings. The lowest BCUT2D eigenvalue weighted by Gasteiger charge is -2.17. The van der Waals surface area contributed by atoms with Crippen LogP contribution in [0.5, 0.6) is 11.5 Å². The number of alkyl halides is 1. The molecule has 1 atom stereocenters. The quantitative estimate of drug-likeness (QED) is 0.372. The molecule has 0 bridgehead atoms. The second-order valence-corrected chi connectivity index (χ2v) is 6.83. The Morgan fingerprint density at radius 1 is 1.20 bits per heavy atom. The van der Waals surface area contributed by atoms with E-state index in [1.807, 2.05) is 12.1 Å². The van der Waals surface area contributed by atoms with Gasteiger partial charge >= 0.3 is 5.97 Å². The zero-order chi connectivity index (χ0) is 18.4. The van der Waals surface area contributed by atoms with Crippen LogP contribution in [0.15, 0.2) is 12.1 Å². The summed E-state index contributed by atoms with van der Waals surface area (Å²) < 4.78 is 15.9. The first-order chi connectivity index (χ1) is 12.0. The van der Waals surface area contributed by atoms with E-state index in [1.54, 1.807) is 18.9 Å². The fourth-order valence-corrected chi connectivity index (χ4v) is 3.00. The summed E-state index contributed by atoms with van der Waals surface area (Å²) in [5.74, 6) is 0.493. The molecular weight excluding hydrogens is 390 g/mol. The van der Waals surface area contributed by atoms with Crippen LogP contribution in [0, 0.1) is 5.92 Å². The van der Waals surface area contributed by atoms with E-state index in [9.17, 15) is 9.59 Å². The first kappa shape index (κ1) is 19.6. The number of ether oxygens (including phenoxy) is 3. The van der Waals surface area contributed by atoms with E-state index < -0.39 is 5.92 Å². The van der Waals surface area contributed by atoms with Gasteiger partial charge in [-0.2, -0.15) is 0 Å². The number of hydrogen-bond acceptors (Lipinski definition) is 5. The third-order valence-corrected chi connectivity index (χ3v) is 4.74. The summed E-state index contributed by atoms with van der Waals surface area (Å²) in [4.78, 5) is 25.7. The number of rotatable bonds is 8. The third-order valence-electron chi connectivity index (χ3n) is 4.18. The van der Waals surface area contributed by atoms with E-state index in [-0.39, 0.29) is 18.3 Å². The van der Waals surface area contributed by atoms with Gasteiger partial charge in [-0.3, -0.25) is 9.59 Å². The summed E-state index contributed by atoms with van der Waals surface area (Å²) in [5.41, 5.74) is 2.09. The van der Waals surface area contributed by atoms with Gasteiger partial charge in [0.2, 0.25) is 5.91 Å². The van der Waals surface area contributed by atoms with Gasteiger partial charge in [0.25, 0.3) is 0 Å². The number of benzene rings is 1. The number of carbonyl (C=O) groups excluding carboxylic acids is 2. The van der Waals surface area contributed by atoms with Crippen molar-refractivity contribution in [3.05, 3.63) is 23.3 Å². The van der Waals surface area contributed by atoms with Gasteiger partial charge in [-0.15, -0.1) is 0 Å². The van der Waals surface area contributed by atoms with Gasteiger partial charge in [0, 0.05) is 24.8 Å². The molecule has 25 heavy (non-hydrogen) atoms. The molecule has 1 amide bonds. The van der Waals surface area contributed by atoms with Gasteiger partial charge in [0.05, 0.1) is 26.7 Å². The Kier molecular flexibility index (Phi) is 7.11. The predicted molar refractivity (Wildman–Crippen MR) is 97.0 cm³/mol. The molecule has 7 heteroatoms. The van der Waals surface area contributed by atoms with Crippen molar-refractivity contribution in [2.75, 3.05) is 26.2 Å². The Labute approximate surface area is 156 Å². The number of hydrogen-bond donors (Lipinski definition) is 0. The summed E-state index contributed by atoms with van der Waals surface area (Å²) in [6, 6.07) is 3.87. The van der Waals surface area contributed by atoms with E-state index >= 15 is 0 Å². The largest absolute Gasteiger partial charge is 0.493 e. The summed E-state index contributed by atoms with van der Waals surface area (Å²) >= 11 is 3.38. The number of methoxy groups -OCH3 is 2. The molecule has 0 saturated carbocycles. The average Bonchev–Trinajstić information content (AvgIpc) is 3.03. The van der Waals surface area contributed by atoms with Gasteiger partial charge in [-0.1, -0.05) is 22.9 Å². The minimum atomic E-state index is -0.445. The fourth-order valence-electron chi connectivity index (χ4n) is 2.77. The second-order valence-electron chi connectivity index (χ2n) is 6.04. The number of halogens is 1. The van der Waals surface area contributed by atoms with Crippen molar-refractivity contribution in [1.82, 2.24) is 4.90 Å². The molecule has 0 aliphatic carbocycles. The first-order valence-electron chi connectivity index (χ1n) is 8.24. The number of esters is 1. The standard InChI is InChI=1S/C18H24BrNO5/c1-12(18(22)24-3)7-17(21)20-10-13-8-15(23-2)16(9-14(13)11-20)25-6-4-5-19/h8-9,12H,4-7,10-11H2,1-3H3/t12-/m0/s1. The molecule has 0 N–H and O–H groups in total. The van der Waals surface area contributed by atoms with Crippen LogP contribution >= 0.6 is 15.9 Å². The topological polar surface area (TPSA) is 65.1 Å². The highest BCUT2D eigenvalue weighted by Gasteiger charge is 2.28. The molecule has 138 valence electrons. The molecule has 1 heterocycles. The highest BCUT2D eigenvalue weighted by atomic mass is 79.9. The minimum absolute atomic E-state index is 0.0603. The Balaban J connectivity index is 2.06. The second kappa shape index (κ2) is 9.08. The normalized spacial score (nSPS) is 14.0. The average molecular weight is 414 g/mol. The molecule has 0 saturated heterocycles. The smallest absolute Gasteiger partial charge is 0.308 e. The van der Waals surface area contributed by atoms with Gasteiger partial charge in [0.1, 0.15) is 0 Å². The van der Waals surface area contributed by atoms with Crippen LogP contribution in [0.25, 0.3) is 0 Å². The molecule has 2 rings (SSSR count). The number of fused-ring (bicyclic) bond motifs is 1. The van der Waals surface area contributed by atoms with Crippen molar-refractivity contribution < 1.29 is 23.8 Å². The maximum Gasteiger partial charge on any atom is 0.308 e. The summed E-state index contributed by atoms with van der Waals surface area (Å²) in [6.07, 6.45) is 1.04. The van der Waals surface area contributed by atoms with Gasteiger partial charge in [-0.25, -0.2) is 0 Å². The van der Waals surface area contributed by atoms with E-state index in [0.29, 0.717) is 31.2 Å². The Morgan fingerprint density at radius 2 is 1.84 bits per heavy atom. The van der Waals surface area contributed by atoms with Gasteiger partial charge in [-0.05, 0) is 29.7 Å². The van der Waals surface area contributed by atoms with Crippen LogP contribution in [-0.2, 0) is 27.4 Å². The number of carbonyl (C=O) groups is 2. The summed E-state index contributed by atoms with van der Waals surface area (Å²) in [7, 11) is 2.94. The number of nitrogens with zero attached hydrogens (tertiary/aromatic N) is 1. The SMILES string of the molecule is COC(=O)[C@@H](C)CC(=O)N1Cc2cc(OC)c(OCCCBr)cc2C1. The molecule has 1 aromatic carbocycles. The lowest BCUT2D eigenvalue weighted by Crippen LogP contribution is -2.29. The Morgan fingerprint density at radius 3 is 2.40 bits per heavy atom. The molecule has 6 nitrogen and oxygen atoms in total. The highest BCUT2D eigenvalue weighted by molar-refractivity contribution is 9.09. The molecular formula is C18H24BrNO5. The Bertz CT molecular complexity index is 634. The summed E-state index contributed by atoms with van der Waals surface area (Å²) in [5, 5.41) is 0.876.